The van der Waals surface area contributed by atoms with Gasteiger partial charge in [0.1, 0.15) is 0 Å². The molecule has 0 amide bonds. The van der Waals surface area contributed by atoms with Crippen LogP contribution in [0.25, 0.3) is 0 Å². The molecule has 0 fully saturated rings. The number of hydrogen-bond donors (Lipinski definition) is 2. The SMILES string of the molecule is CCC(NCCCCN)c1ccccc1. The molecule has 0 spiro atoms. The Morgan fingerprint density at radius 2 is 1.93 bits per heavy atom. The Bertz CT molecular complexity index is 246. The molecule has 0 saturated carbocycles. The third-order valence-electron chi connectivity index (χ3n) is 2.63. The van der Waals surface area contributed by atoms with Gasteiger partial charge in [-0.3, -0.25) is 0 Å². The van der Waals surface area contributed by atoms with Gasteiger partial charge >= 0.3 is 0 Å². The van der Waals surface area contributed by atoms with Gasteiger partial charge in [0.25, 0.3) is 0 Å². The van der Waals surface area contributed by atoms with Crippen LogP contribution in [0.4, 0.5) is 0 Å². The predicted octanol–water partition coefficient (Wildman–Crippen LogP) is 2.47. The molecule has 0 bridgehead atoms. The third-order valence-corrected chi connectivity index (χ3v) is 2.63. The third kappa shape index (κ3) is 4.45. The summed E-state index contributed by atoms with van der Waals surface area (Å²) < 4.78 is 0. The molecule has 15 heavy (non-hydrogen) atoms. The lowest BCUT2D eigenvalue weighted by Gasteiger charge is -2.17. The van der Waals surface area contributed by atoms with E-state index in [4.69, 9.17) is 5.73 Å². The van der Waals surface area contributed by atoms with Crippen molar-refractivity contribution in [2.24, 2.45) is 5.73 Å². The minimum atomic E-state index is 0.490. The molecule has 1 aromatic rings. The fraction of sp³-hybridized carbons (Fsp3) is 0.538. The topological polar surface area (TPSA) is 38.0 Å². The number of nitrogens with one attached hydrogen (secondary N) is 1. The first-order valence-corrected chi connectivity index (χ1v) is 5.87. The second kappa shape index (κ2) is 7.43. The standard InChI is InChI=1S/C13H22N2/c1-2-13(15-11-7-6-10-14)12-8-4-3-5-9-12/h3-5,8-9,13,15H,2,6-7,10-11,14H2,1H3. The number of nitrogens with two attached hydrogens (primary N) is 1. The van der Waals surface area contributed by atoms with Gasteiger partial charge in [0.15, 0.2) is 0 Å². The number of benzene rings is 1. The predicted molar refractivity (Wildman–Crippen MR) is 65.8 cm³/mol. The van der Waals surface area contributed by atoms with Gasteiger partial charge in [0.05, 0.1) is 0 Å². The van der Waals surface area contributed by atoms with E-state index in [2.05, 4.69) is 42.6 Å². The maximum atomic E-state index is 5.46. The van der Waals surface area contributed by atoms with Gasteiger partial charge < -0.3 is 11.1 Å². The average molecular weight is 206 g/mol. The quantitative estimate of drug-likeness (QED) is 0.673. The van der Waals surface area contributed by atoms with Crippen molar-refractivity contribution in [1.29, 1.82) is 0 Å². The normalized spacial score (nSPS) is 12.7. The van der Waals surface area contributed by atoms with Crippen molar-refractivity contribution in [3.05, 3.63) is 35.9 Å². The average Bonchev–Trinajstić information content (AvgIpc) is 2.30. The molecule has 0 aliphatic heterocycles. The lowest BCUT2D eigenvalue weighted by Crippen LogP contribution is -2.22. The second-order valence-electron chi connectivity index (χ2n) is 3.82. The number of unbranched alkanes of at least 4 members (excludes halogenated alkanes) is 1. The zero-order valence-electron chi connectivity index (χ0n) is 9.58. The van der Waals surface area contributed by atoms with Gasteiger partial charge in [-0.05, 0) is 37.9 Å². The summed E-state index contributed by atoms with van der Waals surface area (Å²) in [5.41, 5.74) is 6.84. The fourth-order valence-electron chi connectivity index (χ4n) is 1.73. The molecule has 1 atom stereocenters. The van der Waals surface area contributed by atoms with Crippen LogP contribution in [-0.4, -0.2) is 13.1 Å². The van der Waals surface area contributed by atoms with Crippen LogP contribution in [0, 0.1) is 0 Å². The molecular formula is C13H22N2. The second-order valence-corrected chi connectivity index (χ2v) is 3.82. The fourth-order valence-corrected chi connectivity index (χ4v) is 1.73. The van der Waals surface area contributed by atoms with Gasteiger partial charge in [-0.25, -0.2) is 0 Å². The highest BCUT2D eigenvalue weighted by atomic mass is 14.9. The van der Waals surface area contributed by atoms with Crippen LogP contribution in [-0.2, 0) is 0 Å². The Balaban J connectivity index is 2.36. The first kappa shape index (κ1) is 12.2. The van der Waals surface area contributed by atoms with Crippen molar-refractivity contribution in [3.63, 3.8) is 0 Å². The molecule has 0 aliphatic rings. The van der Waals surface area contributed by atoms with E-state index in [0.717, 1.165) is 25.9 Å². The smallest absolute Gasteiger partial charge is 0.0317 e. The van der Waals surface area contributed by atoms with Crippen LogP contribution in [0.2, 0.25) is 0 Å². The van der Waals surface area contributed by atoms with Crippen molar-refractivity contribution in [2.45, 2.75) is 32.2 Å². The van der Waals surface area contributed by atoms with Crippen molar-refractivity contribution in [3.8, 4) is 0 Å². The van der Waals surface area contributed by atoms with Crippen LogP contribution in [0.5, 0.6) is 0 Å². The highest BCUT2D eigenvalue weighted by Gasteiger charge is 2.06. The first-order chi connectivity index (χ1) is 7.38. The summed E-state index contributed by atoms with van der Waals surface area (Å²) in [5.74, 6) is 0. The molecule has 2 heteroatoms. The molecule has 2 nitrogen and oxygen atoms in total. The molecule has 0 saturated heterocycles. The Morgan fingerprint density at radius 3 is 2.53 bits per heavy atom. The van der Waals surface area contributed by atoms with Crippen molar-refractivity contribution < 1.29 is 0 Å². The maximum Gasteiger partial charge on any atom is 0.0317 e. The minimum absolute atomic E-state index is 0.490. The van der Waals surface area contributed by atoms with E-state index in [9.17, 15) is 0 Å². The molecule has 3 N–H and O–H groups in total. The summed E-state index contributed by atoms with van der Waals surface area (Å²) in [6.45, 7) is 4.07. The van der Waals surface area contributed by atoms with E-state index in [-0.39, 0.29) is 0 Å². The van der Waals surface area contributed by atoms with Crippen LogP contribution in [0.3, 0.4) is 0 Å². The number of hydrogen-bond acceptors (Lipinski definition) is 2. The Morgan fingerprint density at radius 1 is 1.20 bits per heavy atom. The summed E-state index contributed by atoms with van der Waals surface area (Å²) in [6, 6.07) is 11.1. The molecule has 84 valence electrons. The van der Waals surface area contributed by atoms with Gasteiger partial charge in [-0.1, -0.05) is 37.3 Å². The van der Waals surface area contributed by atoms with E-state index < -0.39 is 0 Å². The molecule has 0 aromatic heterocycles. The van der Waals surface area contributed by atoms with Gasteiger partial charge in [-0.2, -0.15) is 0 Å². The first-order valence-electron chi connectivity index (χ1n) is 5.87. The minimum Gasteiger partial charge on any atom is -0.330 e. The lowest BCUT2D eigenvalue weighted by atomic mass is 10.0. The zero-order valence-corrected chi connectivity index (χ0v) is 9.58. The Hall–Kier alpha value is -0.860. The Labute approximate surface area is 92.9 Å². The van der Waals surface area contributed by atoms with Crippen LogP contribution in [0.1, 0.15) is 37.8 Å². The van der Waals surface area contributed by atoms with Crippen LogP contribution >= 0.6 is 0 Å². The van der Waals surface area contributed by atoms with Crippen LogP contribution < -0.4 is 11.1 Å². The molecule has 1 aromatic carbocycles. The van der Waals surface area contributed by atoms with Gasteiger partial charge in [-0.15, -0.1) is 0 Å². The number of rotatable bonds is 7. The summed E-state index contributed by atoms with van der Waals surface area (Å²) in [6.07, 6.45) is 3.41. The summed E-state index contributed by atoms with van der Waals surface area (Å²) >= 11 is 0. The summed E-state index contributed by atoms with van der Waals surface area (Å²) in [5, 5.41) is 3.56. The lowest BCUT2D eigenvalue weighted by molar-refractivity contribution is 0.504. The van der Waals surface area contributed by atoms with E-state index in [1.807, 2.05) is 0 Å². The highest BCUT2D eigenvalue weighted by Crippen LogP contribution is 2.15. The maximum absolute atomic E-state index is 5.46. The summed E-state index contributed by atoms with van der Waals surface area (Å²) in [4.78, 5) is 0. The summed E-state index contributed by atoms with van der Waals surface area (Å²) in [7, 11) is 0. The van der Waals surface area contributed by atoms with Crippen molar-refractivity contribution >= 4 is 0 Å². The Kier molecular flexibility index (Phi) is 6.05. The van der Waals surface area contributed by atoms with E-state index >= 15 is 0 Å². The van der Waals surface area contributed by atoms with E-state index in [0.29, 0.717) is 6.04 Å². The zero-order chi connectivity index (χ0) is 10.9. The monoisotopic (exact) mass is 206 g/mol. The largest absolute Gasteiger partial charge is 0.330 e. The molecular weight excluding hydrogens is 184 g/mol. The molecule has 0 radical (unpaired) electrons. The highest BCUT2D eigenvalue weighted by molar-refractivity contribution is 5.18. The van der Waals surface area contributed by atoms with Gasteiger partial charge in [0.2, 0.25) is 0 Å². The van der Waals surface area contributed by atoms with Crippen molar-refractivity contribution in [1.82, 2.24) is 5.32 Å². The van der Waals surface area contributed by atoms with Crippen LogP contribution in [0.15, 0.2) is 30.3 Å². The molecule has 1 rings (SSSR count). The molecule has 1 unspecified atom stereocenters. The molecule has 0 aliphatic carbocycles. The van der Waals surface area contributed by atoms with Crippen molar-refractivity contribution in [2.75, 3.05) is 13.1 Å². The van der Waals surface area contributed by atoms with E-state index in [1.54, 1.807) is 0 Å². The van der Waals surface area contributed by atoms with Gasteiger partial charge in [0, 0.05) is 6.04 Å². The van der Waals surface area contributed by atoms with E-state index in [1.165, 1.54) is 12.0 Å². The molecule has 0 heterocycles.